The Morgan fingerprint density at radius 2 is 2.00 bits per heavy atom. The Morgan fingerprint density at radius 3 is 2.57 bits per heavy atom. The third-order valence-corrected chi connectivity index (χ3v) is 5.14. The van der Waals surface area contributed by atoms with Crippen molar-refractivity contribution in [1.29, 1.82) is 0 Å². The van der Waals surface area contributed by atoms with E-state index in [1.54, 1.807) is 4.68 Å². The van der Waals surface area contributed by atoms with Crippen LogP contribution in [-0.4, -0.2) is 45.1 Å². The van der Waals surface area contributed by atoms with Gasteiger partial charge in [0.05, 0.1) is 5.69 Å². The molecule has 0 radical (unpaired) electrons. The van der Waals surface area contributed by atoms with Crippen LogP contribution in [0.4, 0.5) is 0 Å². The predicted molar refractivity (Wildman–Crippen MR) is 85.9 cm³/mol. The normalized spacial score (nSPS) is 26.7. The van der Waals surface area contributed by atoms with Crippen molar-refractivity contribution < 1.29 is 0 Å². The van der Waals surface area contributed by atoms with Gasteiger partial charge in [-0.05, 0) is 11.8 Å². The van der Waals surface area contributed by atoms with Crippen LogP contribution in [-0.2, 0) is 13.6 Å². The number of nitrogens with zero attached hydrogens (tertiary/aromatic N) is 4. The van der Waals surface area contributed by atoms with Gasteiger partial charge in [0.25, 0.3) is 0 Å². The molecule has 1 aromatic heterocycles. The van der Waals surface area contributed by atoms with Crippen molar-refractivity contribution in [2.24, 2.45) is 18.9 Å². The summed E-state index contributed by atoms with van der Waals surface area (Å²) in [5.41, 5.74) is 1.08. The molecule has 2 heterocycles. The standard InChI is InChI=1S/C16H31N5/c1-6-12(3)15-11-21(10-14-9-20(5)19-18-14)16(8-17-15)13(4)7-2/h9,12-13,15-17H,6-8,10-11H2,1-5H3. The minimum Gasteiger partial charge on any atom is -0.311 e. The highest BCUT2D eigenvalue weighted by Crippen LogP contribution is 2.23. The van der Waals surface area contributed by atoms with E-state index in [2.05, 4.69) is 48.2 Å². The SMILES string of the molecule is CCC(C)C1CN(Cc2cn(C)nn2)C(C(C)CC)CN1. The summed E-state index contributed by atoms with van der Waals surface area (Å²) in [6, 6.07) is 1.18. The van der Waals surface area contributed by atoms with Crippen LogP contribution in [0.5, 0.6) is 0 Å². The molecule has 1 aromatic rings. The monoisotopic (exact) mass is 293 g/mol. The van der Waals surface area contributed by atoms with Crippen LogP contribution in [0.3, 0.4) is 0 Å². The minimum absolute atomic E-state index is 0.590. The molecule has 1 aliphatic heterocycles. The molecule has 1 aliphatic rings. The lowest BCUT2D eigenvalue weighted by Gasteiger charge is -2.44. The molecule has 1 N–H and O–H groups in total. The molecule has 0 aliphatic carbocycles. The maximum absolute atomic E-state index is 4.27. The number of aryl methyl sites for hydroxylation is 1. The summed E-state index contributed by atoms with van der Waals surface area (Å²) in [5, 5.41) is 12.1. The van der Waals surface area contributed by atoms with Crippen molar-refractivity contribution in [2.45, 2.75) is 59.2 Å². The highest BCUT2D eigenvalue weighted by atomic mass is 15.4. The Labute approximate surface area is 129 Å². The van der Waals surface area contributed by atoms with E-state index in [-0.39, 0.29) is 0 Å². The summed E-state index contributed by atoms with van der Waals surface area (Å²) >= 11 is 0. The zero-order valence-electron chi connectivity index (χ0n) is 14.2. The highest BCUT2D eigenvalue weighted by Gasteiger charge is 2.32. The maximum atomic E-state index is 4.27. The first kappa shape index (κ1) is 16.4. The van der Waals surface area contributed by atoms with Gasteiger partial charge in [-0.15, -0.1) is 5.10 Å². The zero-order valence-corrected chi connectivity index (χ0v) is 14.2. The molecule has 5 heteroatoms. The van der Waals surface area contributed by atoms with Gasteiger partial charge in [0, 0.05) is 45.0 Å². The molecule has 0 amide bonds. The first-order valence-corrected chi connectivity index (χ1v) is 8.37. The van der Waals surface area contributed by atoms with E-state index in [1.807, 2.05) is 13.2 Å². The van der Waals surface area contributed by atoms with Crippen molar-refractivity contribution in [3.63, 3.8) is 0 Å². The van der Waals surface area contributed by atoms with Crippen molar-refractivity contribution in [3.05, 3.63) is 11.9 Å². The smallest absolute Gasteiger partial charge is 0.0967 e. The minimum atomic E-state index is 0.590. The summed E-state index contributed by atoms with van der Waals surface area (Å²) in [6.07, 6.45) is 4.48. The van der Waals surface area contributed by atoms with Crippen LogP contribution in [0.15, 0.2) is 6.20 Å². The molecule has 2 rings (SSSR count). The van der Waals surface area contributed by atoms with E-state index in [9.17, 15) is 0 Å². The van der Waals surface area contributed by atoms with Crippen LogP contribution in [0.2, 0.25) is 0 Å². The molecule has 120 valence electrons. The second-order valence-corrected chi connectivity index (χ2v) is 6.67. The van der Waals surface area contributed by atoms with Gasteiger partial charge in [-0.2, -0.15) is 0 Å². The van der Waals surface area contributed by atoms with Crippen molar-refractivity contribution in [3.8, 4) is 0 Å². The molecule has 5 nitrogen and oxygen atoms in total. The maximum Gasteiger partial charge on any atom is 0.0967 e. The Balaban J connectivity index is 2.08. The van der Waals surface area contributed by atoms with Crippen molar-refractivity contribution >= 4 is 0 Å². The fourth-order valence-corrected chi connectivity index (χ4v) is 3.21. The van der Waals surface area contributed by atoms with Crippen LogP contribution in [0.25, 0.3) is 0 Å². The first-order valence-electron chi connectivity index (χ1n) is 8.37. The van der Waals surface area contributed by atoms with E-state index >= 15 is 0 Å². The fourth-order valence-electron chi connectivity index (χ4n) is 3.21. The van der Waals surface area contributed by atoms with Gasteiger partial charge in [0.1, 0.15) is 0 Å². The van der Waals surface area contributed by atoms with Gasteiger partial charge in [-0.1, -0.05) is 45.7 Å². The molecular formula is C16H31N5. The second kappa shape index (κ2) is 7.36. The van der Waals surface area contributed by atoms with Gasteiger partial charge in [-0.25, -0.2) is 0 Å². The molecule has 0 aromatic carbocycles. The predicted octanol–water partition coefficient (Wildman–Crippen LogP) is 2.05. The molecule has 1 fully saturated rings. The molecule has 0 saturated carbocycles. The van der Waals surface area contributed by atoms with Gasteiger partial charge in [-0.3, -0.25) is 9.58 Å². The van der Waals surface area contributed by atoms with Crippen LogP contribution in [0.1, 0.15) is 46.2 Å². The third kappa shape index (κ3) is 4.04. The van der Waals surface area contributed by atoms with Crippen molar-refractivity contribution in [2.75, 3.05) is 13.1 Å². The lowest BCUT2D eigenvalue weighted by molar-refractivity contribution is 0.0682. The van der Waals surface area contributed by atoms with Gasteiger partial charge >= 0.3 is 0 Å². The first-order chi connectivity index (χ1) is 10.0. The molecule has 0 bridgehead atoms. The van der Waals surface area contributed by atoms with Crippen LogP contribution < -0.4 is 5.32 Å². The Bertz CT molecular complexity index is 430. The Kier molecular flexibility index (Phi) is 5.76. The van der Waals surface area contributed by atoms with Crippen molar-refractivity contribution in [1.82, 2.24) is 25.2 Å². The summed E-state index contributed by atoms with van der Waals surface area (Å²) in [4.78, 5) is 2.62. The highest BCUT2D eigenvalue weighted by molar-refractivity contribution is 4.97. The van der Waals surface area contributed by atoms with Gasteiger partial charge in [0.15, 0.2) is 0 Å². The fraction of sp³-hybridized carbons (Fsp3) is 0.875. The molecule has 4 unspecified atom stereocenters. The number of aromatic nitrogens is 3. The number of piperazine rings is 1. The van der Waals surface area contributed by atoms with E-state index < -0.39 is 0 Å². The van der Waals surface area contributed by atoms with E-state index in [1.165, 1.54) is 12.8 Å². The summed E-state index contributed by atoms with van der Waals surface area (Å²) < 4.78 is 1.79. The largest absolute Gasteiger partial charge is 0.311 e. The number of rotatable bonds is 6. The molecule has 1 saturated heterocycles. The van der Waals surface area contributed by atoms with Crippen LogP contribution in [0, 0.1) is 11.8 Å². The molecule has 4 atom stereocenters. The third-order valence-electron chi connectivity index (χ3n) is 5.14. The van der Waals surface area contributed by atoms with Gasteiger partial charge < -0.3 is 5.32 Å². The Morgan fingerprint density at radius 1 is 1.29 bits per heavy atom. The lowest BCUT2D eigenvalue weighted by atomic mass is 9.90. The van der Waals surface area contributed by atoms with Crippen LogP contribution >= 0.6 is 0 Å². The quantitative estimate of drug-likeness (QED) is 0.872. The summed E-state index contributed by atoms with van der Waals surface area (Å²) in [5.74, 6) is 1.42. The summed E-state index contributed by atoms with van der Waals surface area (Å²) in [7, 11) is 1.93. The second-order valence-electron chi connectivity index (χ2n) is 6.67. The number of nitrogens with one attached hydrogen (secondary N) is 1. The lowest BCUT2D eigenvalue weighted by Crippen LogP contribution is -2.59. The number of hydrogen-bond donors (Lipinski definition) is 1. The topological polar surface area (TPSA) is 46.0 Å². The molecule has 0 spiro atoms. The summed E-state index contributed by atoms with van der Waals surface area (Å²) in [6.45, 7) is 12.4. The van der Waals surface area contributed by atoms with E-state index in [0.717, 1.165) is 25.3 Å². The molecule has 21 heavy (non-hydrogen) atoms. The average molecular weight is 293 g/mol. The Hall–Kier alpha value is -0.940. The average Bonchev–Trinajstić information content (AvgIpc) is 2.90. The zero-order chi connectivity index (χ0) is 15.4. The van der Waals surface area contributed by atoms with E-state index in [4.69, 9.17) is 0 Å². The van der Waals surface area contributed by atoms with E-state index in [0.29, 0.717) is 23.9 Å². The molecular weight excluding hydrogens is 262 g/mol. The number of hydrogen-bond acceptors (Lipinski definition) is 4. The van der Waals surface area contributed by atoms with Gasteiger partial charge in [0.2, 0.25) is 0 Å².